The minimum Gasteiger partial charge on any atom is -0.338 e. The molecule has 23 heavy (non-hydrogen) atoms. The van der Waals surface area contributed by atoms with Crippen molar-refractivity contribution in [3.8, 4) is 0 Å². The van der Waals surface area contributed by atoms with Crippen LogP contribution in [0.1, 0.15) is 11.1 Å². The lowest BCUT2D eigenvalue weighted by atomic mass is 10.2. The molecule has 2 N–H and O–H groups in total. The molecule has 0 amide bonds. The van der Waals surface area contributed by atoms with Crippen LogP contribution in [0.15, 0.2) is 54.6 Å². The van der Waals surface area contributed by atoms with Gasteiger partial charge in [-0.15, -0.1) is 0 Å². The minimum absolute atomic E-state index is 0.842. The fraction of sp³-hybridized carbons (Fsp3) is 0.316. The van der Waals surface area contributed by atoms with Crippen molar-refractivity contribution in [3.63, 3.8) is 0 Å². The third-order valence-corrected chi connectivity index (χ3v) is 4.68. The summed E-state index contributed by atoms with van der Waals surface area (Å²) in [6, 6.07) is 19.1. The molecule has 0 radical (unpaired) electrons. The molecule has 0 aromatic heterocycles. The van der Waals surface area contributed by atoms with Crippen molar-refractivity contribution in [2.75, 3.05) is 31.5 Å². The number of thiocarbonyl (C=S) groups is 1. The zero-order valence-corrected chi connectivity index (χ0v) is 14.4. The Hall–Kier alpha value is -1.91. The number of hydrogen-bond acceptors (Lipinski definition) is 1. The van der Waals surface area contributed by atoms with E-state index in [0.29, 0.717) is 0 Å². The lowest BCUT2D eigenvalue weighted by molar-refractivity contribution is -0.917. The third-order valence-electron chi connectivity index (χ3n) is 4.32. The van der Waals surface area contributed by atoms with Gasteiger partial charge in [0.2, 0.25) is 0 Å². The van der Waals surface area contributed by atoms with Crippen LogP contribution in [0.3, 0.4) is 0 Å². The number of anilines is 1. The smallest absolute Gasteiger partial charge is 0.173 e. The molecule has 4 heteroatoms. The predicted molar refractivity (Wildman–Crippen MR) is 99.8 cm³/mol. The Morgan fingerprint density at radius 3 is 2.52 bits per heavy atom. The number of rotatable bonds is 3. The second-order valence-electron chi connectivity index (χ2n) is 6.20. The summed E-state index contributed by atoms with van der Waals surface area (Å²) < 4.78 is 0. The molecule has 1 saturated heterocycles. The van der Waals surface area contributed by atoms with Gasteiger partial charge in [0.15, 0.2) is 5.11 Å². The minimum atomic E-state index is 0.842. The standard InChI is InChI=1S/C19H23N3S/c1-16-6-5-9-18(14-16)20-19(23)22-12-10-21(11-13-22)15-17-7-3-2-4-8-17/h2-9,14H,10-13,15H2,1H3,(H,20,23)/p+1. The van der Waals surface area contributed by atoms with Crippen LogP contribution >= 0.6 is 12.2 Å². The Labute approximate surface area is 143 Å². The number of nitrogens with one attached hydrogen (secondary N) is 2. The van der Waals surface area contributed by atoms with E-state index in [4.69, 9.17) is 12.2 Å². The van der Waals surface area contributed by atoms with Crippen LogP contribution in [-0.2, 0) is 6.54 Å². The van der Waals surface area contributed by atoms with Gasteiger partial charge in [-0.1, -0.05) is 42.5 Å². The van der Waals surface area contributed by atoms with Crippen LogP contribution in [0, 0.1) is 6.92 Å². The van der Waals surface area contributed by atoms with Crippen LogP contribution in [0.2, 0.25) is 0 Å². The molecule has 0 aliphatic carbocycles. The number of aryl methyl sites for hydroxylation is 1. The molecule has 0 spiro atoms. The molecule has 2 aromatic rings. The van der Waals surface area contributed by atoms with E-state index in [-0.39, 0.29) is 0 Å². The van der Waals surface area contributed by atoms with Gasteiger partial charge in [-0.2, -0.15) is 0 Å². The van der Waals surface area contributed by atoms with Gasteiger partial charge in [0.25, 0.3) is 0 Å². The second-order valence-corrected chi connectivity index (χ2v) is 6.59. The Morgan fingerprint density at radius 2 is 1.83 bits per heavy atom. The molecule has 0 bridgehead atoms. The van der Waals surface area contributed by atoms with Crippen LogP contribution < -0.4 is 10.2 Å². The van der Waals surface area contributed by atoms with Gasteiger partial charge in [-0.25, -0.2) is 0 Å². The first-order valence-electron chi connectivity index (χ1n) is 8.21. The van der Waals surface area contributed by atoms with E-state index in [1.807, 2.05) is 0 Å². The molecule has 1 aliphatic rings. The summed E-state index contributed by atoms with van der Waals surface area (Å²) in [6.45, 7) is 7.49. The fourth-order valence-corrected chi connectivity index (χ4v) is 3.31. The number of hydrogen-bond donors (Lipinski definition) is 2. The topological polar surface area (TPSA) is 19.7 Å². The number of nitrogens with zero attached hydrogens (tertiary/aromatic N) is 1. The Balaban J connectivity index is 1.49. The largest absolute Gasteiger partial charge is 0.338 e. The molecule has 1 aliphatic heterocycles. The van der Waals surface area contributed by atoms with Crippen molar-refractivity contribution in [2.45, 2.75) is 13.5 Å². The second kappa shape index (κ2) is 7.57. The zero-order chi connectivity index (χ0) is 16.1. The van der Waals surface area contributed by atoms with Gasteiger partial charge in [0.05, 0.1) is 26.2 Å². The highest BCUT2D eigenvalue weighted by Gasteiger charge is 2.21. The highest BCUT2D eigenvalue weighted by molar-refractivity contribution is 7.80. The normalized spacial score (nSPS) is 15.4. The lowest BCUT2D eigenvalue weighted by Crippen LogP contribution is -3.13. The van der Waals surface area contributed by atoms with Crippen molar-refractivity contribution in [2.24, 2.45) is 0 Å². The number of piperazine rings is 1. The first-order chi connectivity index (χ1) is 11.2. The van der Waals surface area contributed by atoms with E-state index in [2.05, 4.69) is 71.7 Å². The highest BCUT2D eigenvalue weighted by Crippen LogP contribution is 2.10. The summed E-state index contributed by atoms with van der Waals surface area (Å²) in [7, 11) is 0. The molecule has 3 rings (SSSR count). The van der Waals surface area contributed by atoms with Crippen LogP contribution in [0.5, 0.6) is 0 Å². The van der Waals surface area contributed by atoms with Gasteiger partial charge in [0, 0.05) is 11.3 Å². The Morgan fingerprint density at radius 1 is 1.09 bits per heavy atom. The third kappa shape index (κ3) is 4.53. The van der Waals surface area contributed by atoms with Gasteiger partial charge in [-0.05, 0) is 36.8 Å². The molecule has 1 fully saturated rings. The van der Waals surface area contributed by atoms with Crippen LogP contribution in [-0.4, -0.2) is 36.2 Å². The van der Waals surface area contributed by atoms with E-state index >= 15 is 0 Å². The Kier molecular flexibility index (Phi) is 5.26. The van der Waals surface area contributed by atoms with Gasteiger partial charge in [0.1, 0.15) is 6.54 Å². The maximum Gasteiger partial charge on any atom is 0.173 e. The molecule has 1 heterocycles. The van der Waals surface area contributed by atoms with Crippen molar-refractivity contribution >= 4 is 23.0 Å². The van der Waals surface area contributed by atoms with E-state index < -0.39 is 0 Å². The summed E-state index contributed by atoms with van der Waals surface area (Å²) >= 11 is 5.57. The molecular weight excluding hydrogens is 302 g/mol. The summed E-state index contributed by atoms with van der Waals surface area (Å²) in [5, 5.41) is 4.21. The molecule has 0 unspecified atom stereocenters. The lowest BCUT2D eigenvalue weighted by Gasteiger charge is -2.34. The quantitative estimate of drug-likeness (QED) is 0.843. The highest BCUT2D eigenvalue weighted by atomic mass is 32.1. The van der Waals surface area contributed by atoms with Crippen molar-refractivity contribution < 1.29 is 4.90 Å². The molecular formula is C19H24N3S+. The molecule has 0 saturated carbocycles. The molecule has 3 nitrogen and oxygen atoms in total. The van der Waals surface area contributed by atoms with Gasteiger partial charge in [-0.3, -0.25) is 0 Å². The molecule has 2 aromatic carbocycles. The predicted octanol–water partition coefficient (Wildman–Crippen LogP) is 2.09. The van der Waals surface area contributed by atoms with Crippen molar-refractivity contribution in [1.29, 1.82) is 0 Å². The van der Waals surface area contributed by atoms with Gasteiger partial charge < -0.3 is 15.1 Å². The van der Waals surface area contributed by atoms with E-state index in [9.17, 15) is 0 Å². The average Bonchev–Trinajstić information content (AvgIpc) is 2.56. The SMILES string of the molecule is Cc1cccc(NC(=S)N2CC[NH+](Cc3ccccc3)CC2)c1. The monoisotopic (exact) mass is 326 g/mol. The first kappa shape index (κ1) is 16.0. The van der Waals surface area contributed by atoms with E-state index in [0.717, 1.165) is 43.5 Å². The first-order valence-corrected chi connectivity index (χ1v) is 8.61. The van der Waals surface area contributed by atoms with E-state index in [1.54, 1.807) is 4.90 Å². The average molecular weight is 326 g/mol. The maximum absolute atomic E-state index is 5.57. The van der Waals surface area contributed by atoms with Crippen LogP contribution in [0.25, 0.3) is 0 Å². The Bertz CT molecular complexity index is 649. The number of quaternary nitrogens is 1. The van der Waals surface area contributed by atoms with Crippen molar-refractivity contribution in [1.82, 2.24) is 4.90 Å². The van der Waals surface area contributed by atoms with Gasteiger partial charge >= 0.3 is 0 Å². The number of benzene rings is 2. The van der Waals surface area contributed by atoms with E-state index in [1.165, 1.54) is 11.1 Å². The summed E-state index contributed by atoms with van der Waals surface area (Å²) in [5.74, 6) is 0. The van der Waals surface area contributed by atoms with Crippen LogP contribution in [0.4, 0.5) is 5.69 Å². The zero-order valence-electron chi connectivity index (χ0n) is 13.6. The molecule has 120 valence electrons. The summed E-state index contributed by atoms with van der Waals surface area (Å²) in [5.41, 5.74) is 3.74. The summed E-state index contributed by atoms with van der Waals surface area (Å²) in [4.78, 5) is 3.91. The fourth-order valence-electron chi connectivity index (χ4n) is 3.01. The summed E-state index contributed by atoms with van der Waals surface area (Å²) in [6.07, 6.45) is 0. The maximum atomic E-state index is 5.57. The molecule has 0 atom stereocenters. The van der Waals surface area contributed by atoms with Crippen molar-refractivity contribution in [3.05, 3.63) is 65.7 Å².